The van der Waals surface area contributed by atoms with Crippen LogP contribution in [0.4, 0.5) is 0 Å². The van der Waals surface area contributed by atoms with Gasteiger partial charge in [-0.3, -0.25) is 0 Å². The van der Waals surface area contributed by atoms with Gasteiger partial charge in [-0.25, -0.2) is 0 Å². The predicted octanol–water partition coefficient (Wildman–Crippen LogP) is 6.37. The Balaban J connectivity index is 5.52. The predicted molar refractivity (Wildman–Crippen MR) is 115 cm³/mol. The standard InChI is InChI=1S/4C6H9.Sn/c4*1-3-5-6-4-2;/h4*3,5-6H2,1H3;. The van der Waals surface area contributed by atoms with E-state index in [1.54, 1.807) is 0 Å². The van der Waals surface area contributed by atoms with Crippen LogP contribution < -0.4 is 0 Å². The summed E-state index contributed by atoms with van der Waals surface area (Å²) in [4.78, 5) is 0. The first-order valence-corrected chi connectivity index (χ1v) is 16.0. The van der Waals surface area contributed by atoms with Gasteiger partial charge in [0.1, 0.15) is 0 Å². The molecule has 1 heteroatoms. The fraction of sp³-hybridized carbons (Fsp3) is 0.667. The van der Waals surface area contributed by atoms with E-state index in [0.29, 0.717) is 0 Å². The molecule has 0 heterocycles. The van der Waals surface area contributed by atoms with E-state index >= 15 is 0 Å². The summed E-state index contributed by atoms with van der Waals surface area (Å²) in [6.45, 7) is 8.82. The molecule has 0 nitrogen and oxygen atoms in total. The molecule has 136 valence electrons. The Bertz CT molecular complexity index is 459. The van der Waals surface area contributed by atoms with Crippen molar-refractivity contribution in [1.29, 1.82) is 0 Å². The monoisotopic (exact) mass is 444 g/mol. The molecule has 0 fully saturated rings. The normalized spacial score (nSPS) is 9.44. The zero-order chi connectivity index (χ0) is 18.6. The second kappa shape index (κ2) is 17.8. The van der Waals surface area contributed by atoms with Crippen molar-refractivity contribution in [2.45, 2.75) is 105 Å². The molecule has 0 aromatic carbocycles. The summed E-state index contributed by atoms with van der Waals surface area (Å²) < 4.78 is 14.2. The maximum atomic E-state index is 3.54. The van der Waals surface area contributed by atoms with Gasteiger partial charge in [0.15, 0.2) is 0 Å². The Morgan fingerprint density at radius 1 is 0.440 bits per heavy atom. The molecule has 0 amide bonds. The summed E-state index contributed by atoms with van der Waals surface area (Å²) in [5, 5.41) is 0. The number of hydrogen-bond donors (Lipinski definition) is 0. The van der Waals surface area contributed by atoms with E-state index in [0.717, 1.165) is 51.4 Å². The van der Waals surface area contributed by atoms with Crippen LogP contribution in [0, 0.1) is 39.4 Å². The van der Waals surface area contributed by atoms with Gasteiger partial charge in [0.2, 0.25) is 0 Å². The minimum absolute atomic E-state index is 0.957. The second-order valence-corrected chi connectivity index (χ2v) is 13.5. The summed E-state index contributed by atoms with van der Waals surface area (Å²) in [6, 6.07) is 0. The molecule has 0 aliphatic carbocycles. The van der Waals surface area contributed by atoms with Crippen molar-refractivity contribution >= 4 is 18.4 Å². The van der Waals surface area contributed by atoms with Crippen molar-refractivity contribution in [1.82, 2.24) is 0 Å². The topological polar surface area (TPSA) is 0 Å². The summed E-state index contributed by atoms with van der Waals surface area (Å²) in [5.41, 5.74) is 0. The van der Waals surface area contributed by atoms with E-state index in [1.807, 2.05) is 0 Å². The Labute approximate surface area is 162 Å². The Hall–Kier alpha value is -0.961. The molecule has 0 rings (SSSR count). The van der Waals surface area contributed by atoms with E-state index < -0.39 is 18.4 Å². The van der Waals surface area contributed by atoms with Gasteiger partial charge in [-0.05, 0) is 0 Å². The summed E-state index contributed by atoms with van der Waals surface area (Å²) in [6.07, 6.45) is 13.2. The van der Waals surface area contributed by atoms with Crippen LogP contribution in [0.15, 0.2) is 0 Å². The van der Waals surface area contributed by atoms with E-state index in [4.69, 9.17) is 0 Å². The fourth-order valence-corrected chi connectivity index (χ4v) is 7.55. The zero-order valence-electron chi connectivity index (χ0n) is 17.0. The third kappa shape index (κ3) is 13.9. The first-order chi connectivity index (χ1) is 12.2. The first-order valence-electron chi connectivity index (χ1n) is 10.2. The molecule has 0 saturated carbocycles. The molecule has 0 spiro atoms. The van der Waals surface area contributed by atoms with Gasteiger partial charge >= 0.3 is 163 Å². The third-order valence-electron chi connectivity index (χ3n) is 3.72. The van der Waals surface area contributed by atoms with Gasteiger partial charge in [-0.1, -0.05) is 0 Å². The molecule has 0 aromatic heterocycles. The number of rotatable bonds is 8. The van der Waals surface area contributed by atoms with Crippen LogP contribution in [0.1, 0.15) is 105 Å². The maximum absolute atomic E-state index is 3.54. The van der Waals surface area contributed by atoms with Gasteiger partial charge in [0, 0.05) is 0 Å². The van der Waals surface area contributed by atoms with Crippen molar-refractivity contribution in [3.05, 3.63) is 0 Å². The van der Waals surface area contributed by atoms with Crippen LogP contribution in [0.3, 0.4) is 0 Å². The average molecular weight is 443 g/mol. The minimum atomic E-state index is -3.31. The molecule has 0 aromatic rings. The molecular weight excluding hydrogens is 407 g/mol. The Morgan fingerprint density at radius 3 is 0.880 bits per heavy atom. The fourth-order valence-electron chi connectivity index (χ4n) is 2.03. The molecule has 0 bridgehead atoms. The van der Waals surface area contributed by atoms with Crippen LogP contribution >= 0.6 is 0 Å². The molecule has 0 aliphatic heterocycles. The van der Waals surface area contributed by atoms with Gasteiger partial charge in [0.25, 0.3) is 0 Å². The average Bonchev–Trinajstić information content (AvgIpc) is 2.63. The molecular formula is C24H36Sn. The molecule has 0 atom stereocenters. The summed E-state index contributed by atoms with van der Waals surface area (Å²) in [5.74, 6) is 13.5. The number of unbranched alkanes of at least 4 members (excludes halogenated alkanes) is 8. The molecule has 0 radical (unpaired) electrons. The van der Waals surface area contributed by atoms with Crippen LogP contribution in [0.5, 0.6) is 0 Å². The van der Waals surface area contributed by atoms with Gasteiger partial charge in [0.05, 0.1) is 0 Å². The van der Waals surface area contributed by atoms with Crippen molar-refractivity contribution in [2.75, 3.05) is 0 Å². The third-order valence-corrected chi connectivity index (χ3v) is 10.0. The van der Waals surface area contributed by atoms with Crippen LogP contribution in [-0.4, -0.2) is 18.4 Å². The zero-order valence-corrected chi connectivity index (χ0v) is 19.8. The molecule has 0 unspecified atom stereocenters. The van der Waals surface area contributed by atoms with Gasteiger partial charge in [-0.2, -0.15) is 0 Å². The first kappa shape index (κ1) is 24.0. The van der Waals surface area contributed by atoms with E-state index in [2.05, 4.69) is 67.1 Å². The second-order valence-electron chi connectivity index (χ2n) is 6.37. The van der Waals surface area contributed by atoms with Crippen molar-refractivity contribution in [2.24, 2.45) is 0 Å². The quantitative estimate of drug-likeness (QED) is 0.233. The SMILES string of the molecule is CCCCC#[C][Sn]([C]#CCCCC)([C]#CCCCC)[C]#CCCCC. The Kier molecular flexibility index (Phi) is 17.2. The van der Waals surface area contributed by atoms with Crippen molar-refractivity contribution in [3.8, 4) is 39.4 Å². The summed E-state index contributed by atoms with van der Waals surface area (Å²) in [7, 11) is 0. The van der Waals surface area contributed by atoms with Crippen LogP contribution in [0.2, 0.25) is 0 Å². The van der Waals surface area contributed by atoms with Crippen molar-refractivity contribution in [3.63, 3.8) is 0 Å². The van der Waals surface area contributed by atoms with Crippen molar-refractivity contribution < 1.29 is 0 Å². The molecule has 25 heavy (non-hydrogen) atoms. The van der Waals surface area contributed by atoms with E-state index in [9.17, 15) is 0 Å². The molecule has 0 aliphatic rings. The Morgan fingerprint density at radius 2 is 0.680 bits per heavy atom. The van der Waals surface area contributed by atoms with E-state index in [1.165, 1.54) is 25.7 Å². The molecule has 0 saturated heterocycles. The summed E-state index contributed by atoms with van der Waals surface area (Å²) >= 11 is -3.31. The van der Waals surface area contributed by atoms with Gasteiger partial charge < -0.3 is 0 Å². The van der Waals surface area contributed by atoms with E-state index in [-0.39, 0.29) is 0 Å². The van der Waals surface area contributed by atoms with Gasteiger partial charge in [-0.15, -0.1) is 0 Å². The van der Waals surface area contributed by atoms with Crippen LogP contribution in [-0.2, 0) is 0 Å². The van der Waals surface area contributed by atoms with Crippen LogP contribution in [0.25, 0.3) is 0 Å². The number of hydrogen-bond acceptors (Lipinski definition) is 0. The molecule has 0 N–H and O–H groups in total.